The number of hydrogen-bond donors (Lipinski definition) is 1. The smallest absolute Gasteiger partial charge is 0.309 e. The molecule has 22 heavy (non-hydrogen) atoms. The Balaban J connectivity index is 2.40. The van der Waals surface area contributed by atoms with Crippen molar-refractivity contribution in [3.05, 3.63) is 23.3 Å². The minimum atomic E-state index is -0.588. The third-order valence-corrected chi connectivity index (χ3v) is 4.49. The Kier molecular flexibility index (Phi) is 5.06. The van der Waals surface area contributed by atoms with E-state index >= 15 is 0 Å². The second kappa shape index (κ2) is 6.65. The average molecular weight is 308 g/mol. The summed E-state index contributed by atoms with van der Waals surface area (Å²) in [6.45, 7) is 6.94. The summed E-state index contributed by atoms with van der Waals surface area (Å²) in [5.41, 5.74) is 1.80. The van der Waals surface area contributed by atoms with Crippen molar-refractivity contribution in [2.75, 3.05) is 0 Å². The monoisotopic (exact) mass is 308 g/mol. The Hall–Kier alpha value is -1.62. The van der Waals surface area contributed by atoms with Crippen LogP contribution < -0.4 is 0 Å². The van der Waals surface area contributed by atoms with Crippen molar-refractivity contribution in [3.63, 3.8) is 0 Å². The first-order valence-corrected chi connectivity index (χ1v) is 7.69. The molecule has 0 aromatic carbocycles. The summed E-state index contributed by atoms with van der Waals surface area (Å²) in [5.74, 6) is -1.23. The summed E-state index contributed by atoms with van der Waals surface area (Å²) in [6.07, 6.45) is 3.34. The van der Waals surface area contributed by atoms with E-state index in [1.165, 1.54) is 6.92 Å². The zero-order valence-corrected chi connectivity index (χ0v) is 13.5. The molecule has 5 atom stereocenters. The van der Waals surface area contributed by atoms with Gasteiger partial charge in [0.2, 0.25) is 0 Å². The number of hydrogen-bond acceptors (Lipinski definition) is 5. The molecule has 0 saturated carbocycles. The van der Waals surface area contributed by atoms with Crippen LogP contribution in [-0.4, -0.2) is 35.4 Å². The van der Waals surface area contributed by atoms with Gasteiger partial charge in [0.15, 0.2) is 0 Å². The average Bonchev–Trinajstić information content (AvgIpc) is 2.69. The first-order chi connectivity index (χ1) is 10.3. The molecule has 1 saturated heterocycles. The first kappa shape index (κ1) is 16.7. The van der Waals surface area contributed by atoms with Crippen LogP contribution in [0.3, 0.4) is 0 Å². The second-order valence-corrected chi connectivity index (χ2v) is 6.33. The number of aliphatic hydroxyl groups is 1. The van der Waals surface area contributed by atoms with Crippen molar-refractivity contribution in [2.24, 2.45) is 11.8 Å². The molecule has 0 aromatic rings. The molecule has 2 aliphatic rings. The van der Waals surface area contributed by atoms with E-state index in [0.29, 0.717) is 12.8 Å². The van der Waals surface area contributed by atoms with Gasteiger partial charge in [-0.15, -0.1) is 0 Å². The Bertz CT molecular complexity index is 519. The van der Waals surface area contributed by atoms with E-state index in [1.54, 1.807) is 13.0 Å². The summed E-state index contributed by atoms with van der Waals surface area (Å²) in [6, 6.07) is 0. The van der Waals surface area contributed by atoms with Gasteiger partial charge in [0.25, 0.3) is 0 Å². The largest absolute Gasteiger partial charge is 0.462 e. The van der Waals surface area contributed by atoms with Gasteiger partial charge in [0.05, 0.1) is 17.9 Å². The van der Waals surface area contributed by atoms with E-state index in [2.05, 4.69) is 0 Å². The van der Waals surface area contributed by atoms with Crippen LogP contribution in [0, 0.1) is 11.8 Å². The van der Waals surface area contributed by atoms with E-state index in [1.807, 2.05) is 19.9 Å². The SMILES string of the molecule is CC(=O)O[C@@H]1C/C(C)=C/C[C@@H](O)/C(C)=C/[C@H]2OC(=O)[C@H](C)[C@H]21. The summed E-state index contributed by atoms with van der Waals surface area (Å²) < 4.78 is 10.9. The van der Waals surface area contributed by atoms with Crippen molar-refractivity contribution in [2.45, 2.75) is 58.8 Å². The van der Waals surface area contributed by atoms with Crippen LogP contribution in [0.2, 0.25) is 0 Å². The van der Waals surface area contributed by atoms with Gasteiger partial charge in [-0.05, 0) is 31.9 Å². The zero-order chi connectivity index (χ0) is 16.4. The number of rotatable bonds is 1. The maximum atomic E-state index is 12.0. The molecule has 0 spiro atoms. The van der Waals surface area contributed by atoms with Gasteiger partial charge in [-0.3, -0.25) is 9.59 Å². The lowest BCUT2D eigenvalue weighted by Crippen LogP contribution is -2.35. The molecule has 0 bridgehead atoms. The highest BCUT2D eigenvalue weighted by Gasteiger charge is 2.46. The van der Waals surface area contributed by atoms with Crippen molar-refractivity contribution in [1.29, 1.82) is 0 Å². The molecule has 1 aliphatic carbocycles. The van der Waals surface area contributed by atoms with Gasteiger partial charge in [0, 0.05) is 13.3 Å². The summed E-state index contributed by atoms with van der Waals surface area (Å²) in [5, 5.41) is 10.1. The minimum Gasteiger partial charge on any atom is -0.462 e. The topological polar surface area (TPSA) is 72.8 Å². The Morgan fingerprint density at radius 1 is 1.41 bits per heavy atom. The molecule has 0 amide bonds. The fourth-order valence-corrected chi connectivity index (χ4v) is 3.18. The van der Waals surface area contributed by atoms with Crippen LogP contribution in [0.1, 0.15) is 40.5 Å². The van der Waals surface area contributed by atoms with Gasteiger partial charge in [-0.2, -0.15) is 0 Å². The molecule has 1 fully saturated rings. The lowest BCUT2D eigenvalue weighted by atomic mass is 9.82. The molecule has 5 heteroatoms. The summed E-state index contributed by atoms with van der Waals surface area (Å²) in [4.78, 5) is 23.4. The fraction of sp³-hybridized carbons (Fsp3) is 0.647. The Labute approximate surface area is 131 Å². The summed E-state index contributed by atoms with van der Waals surface area (Å²) in [7, 11) is 0. The van der Waals surface area contributed by atoms with Crippen LogP contribution in [-0.2, 0) is 19.1 Å². The van der Waals surface area contributed by atoms with E-state index < -0.39 is 18.3 Å². The predicted molar refractivity (Wildman–Crippen MR) is 80.8 cm³/mol. The number of aliphatic hydroxyl groups excluding tert-OH is 1. The normalized spacial score (nSPS) is 40.6. The quantitative estimate of drug-likeness (QED) is 0.593. The number of esters is 2. The van der Waals surface area contributed by atoms with Crippen molar-refractivity contribution in [1.82, 2.24) is 0 Å². The highest BCUT2D eigenvalue weighted by molar-refractivity contribution is 5.75. The molecule has 0 unspecified atom stereocenters. The molecule has 0 radical (unpaired) electrons. The van der Waals surface area contributed by atoms with Crippen LogP contribution in [0.4, 0.5) is 0 Å². The van der Waals surface area contributed by atoms with Gasteiger partial charge in [0.1, 0.15) is 12.2 Å². The lowest BCUT2D eigenvalue weighted by Gasteiger charge is -2.29. The van der Waals surface area contributed by atoms with Gasteiger partial charge in [-0.25, -0.2) is 0 Å². The highest BCUT2D eigenvalue weighted by Crippen LogP contribution is 2.37. The fourth-order valence-electron chi connectivity index (χ4n) is 3.18. The maximum Gasteiger partial charge on any atom is 0.309 e. The van der Waals surface area contributed by atoms with Gasteiger partial charge in [-0.1, -0.05) is 18.6 Å². The molecule has 5 nitrogen and oxygen atoms in total. The second-order valence-electron chi connectivity index (χ2n) is 6.33. The lowest BCUT2D eigenvalue weighted by molar-refractivity contribution is -0.150. The molecular formula is C17H24O5. The molecule has 0 aromatic heterocycles. The number of carbonyl (C=O) groups is 2. The van der Waals surface area contributed by atoms with Crippen molar-refractivity contribution >= 4 is 11.9 Å². The van der Waals surface area contributed by atoms with Crippen LogP contribution in [0.5, 0.6) is 0 Å². The molecule has 2 rings (SSSR count). The highest BCUT2D eigenvalue weighted by atomic mass is 16.6. The molecule has 1 N–H and O–H groups in total. The molecule has 1 aliphatic heterocycles. The first-order valence-electron chi connectivity index (χ1n) is 7.69. The Morgan fingerprint density at radius 2 is 2.09 bits per heavy atom. The van der Waals surface area contributed by atoms with E-state index in [0.717, 1.165) is 11.1 Å². The van der Waals surface area contributed by atoms with Crippen LogP contribution >= 0.6 is 0 Å². The van der Waals surface area contributed by atoms with Gasteiger partial charge < -0.3 is 14.6 Å². The number of carbonyl (C=O) groups excluding carboxylic acids is 2. The number of fused-ring (bicyclic) bond motifs is 1. The molecular weight excluding hydrogens is 284 g/mol. The van der Waals surface area contributed by atoms with Crippen LogP contribution in [0.15, 0.2) is 23.3 Å². The van der Waals surface area contributed by atoms with E-state index in [9.17, 15) is 14.7 Å². The molecule has 122 valence electrons. The van der Waals surface area contributed by atoms with Crippen molar-refractivity contribution in [3.8, 4) is 0 Å². The third-order valence-electron chi connectivity index (χ3n) is 4.49. The third kappa shape index (κ3) is 3.58. The van der Waals surface area contributed by atoms with Gasteiger partial charge >= 0.3 is 11.9 Å². The van der Waals surface area contributed by atoms with E-state index in [-0.39, 0.29) is 23.8 Å². The van der Waals surface area contributed by atoms with E-state index in [4.69, 9.17) is 9.47 Å². The number of ether oxygens (including phenoxy) is 2. The Morgan fingerprint density at radius 3 is 2.73 bits per heavy atom. The predicted octanol–water partition coefficient (Wildman–Crippen LogP) is 2.14. The summed E-state index contributed by atoms with van der Waals surface area (Å²) >= 11 is 0. The maximum absolute atomic E-state index is 12.0. The van der Waals surface area contributed by atoms with Crippen molar-refractivity contribution < 1.29 is 24.2 Å². The zero-order valence-electron chi connectivity index (χ0n) is 13.5. The minimum absolute atomic E-state index is 0.236. The molecule has 1 heterocycles. The van der Waals surface area contributed by atoms with Crippen LogP contribution in [0.25, 0.3) is 0 Å². The standard InChI is InChI=1S/C17H24O5/c1-9-5-6-13(19)10(2)8-15-16(11(3)17(20)22-15)14(7-9)21-12(4)18/h5,8,11,13-16,19H,6-7H2,1-4H3/b9-5+,10-8+/t11-,13-,14-,15-,16+/m1/s1.